The van der Waals surface area contributed by atoms with Gasteiger partial charge in [-0.3, -0.25) is 0 Å². The molecule has 4 nitrogen and oxygen atoms in total. The minimum Gasteiger partial charge on any atom is -0.244 e. The number of nitrogens with zero attached hydrogens (tertiary/aromatic N) is 1. The van der Waals surface area contributed by atoms with Gasteiger partial charge in [-0.1, -0.05) is 24.9 Å². The highest BCUT2D eigenvalue weighted by Crippen LogP contribution is 2.49. The van der Waals surface area contributed by atoms with E-state index in [9.17, 15) is 8.42 Å². The quantitative estimate of drug-likeness (QED) is 0.819. The molecule has 6 heteroatoms. The average molecular weight is 289 g/mol. The molecule has 0 spiro atoms. The molecule has 1 fully saturated rings. The number of rotatable bonds is 6. The van der Waals surface area contributed by atoms with Crippen LogP contribution in [0.4, 0.5) is 0 Å². The molecule has 0 radical (unpaired) electrons. The van der Waals surface area contributed by atoms with Gasteiger partial charge in [0.25, 0.3) is 0 Å². The molecule has 1 aliphatic rings. The van der Waals surface area contributed by atoms with E-state index in [1.165, 1.54) is 18.3 Å². The lowest BCUT2D eigenvalue weighted by molar-refractivity contribution is 0.449. The molecule has 1 aromatic rings. The van der Waals surface area contributed by atoms with Gasteiger partial charge in [0.2, 0.25) is 10.0 Å². The Morgan fingerprint density at radius 3 is 2.78 bits per heavy atom. The molecule has 0 amide bonds. The third-order valence-corrected chi connectivity index (χ3v) is 4.99. The maximum Gasteiger partial charge on any atom is 0.240 e. The summed E-state index contributed by atoms with van der Waals surface area (Å²) < 4.78 is 26.8. The molecule has 2 rings (SSSR count). The standard InChI is InChI=1S/C12H17ClN2O2S/c1-2-4-12(5-6-12)9-15-18(16,17)10-3-7-14-11(13)8-10/h3,7-8,15H,2,4-6,9H2,1H3. The van der Waals surface area contributed by atoms with Gasteiger partial charge in [-0.05, 0) is 36.8 Å². The van der Waals surface area contributed by atoms with E-state index in [0.717, 1.165) is 25.7 Å². The van der Waals surface area contributed by atoms with Gasteiger partial charge in [0, 0.05) is 12.7 Å². The van der Waals surface area contributed by atoms with E-state index in [0.29, 0.717) is 6.54 Å². The summed E-state index contributed by atoms with van der Waals surface area (Å²) in [6.45, 7) is 2.64. The Balaban J connectivity index is 2.04. The highest BCUT2D eigenvalue weighted by molar-refractivity contribution is 7.89. The molecular formula is C12H17ClN2O2S. The van der Waals surface area contributed by atoms with Crippen molar-refractivity contribution in [2.75, 3.05) is 6.54 Å². The van der Waals surface area contributed by atoms with E-state index >= 15 is 0 Å². The molecule has 1 aromatic heterocycles. The van der Waals surface area contributed by atoms with Gasteiger partial charge < -0.3 is 0 Å². The van der Waals surface area contributed by atoms with Crippen LogP contribution in [0.25, 0.3) is 0 Å². The normalized spacial score (nSPS) is 17.7. The van der Waals surface area contributed by atoms with Gasteiger partial charge >= 0.3 is 0 Å². The fourth-order valence-electron chi connectivity index (χ4n) is 2.11. The Hall–Kier alpha value is -0.650. The Morgan fingerprint density at radius 2 is 2.22 bits per heavy atom. The number of hydrogen-bond acceptors (Lipinski definition) is 3. The molecule has 1 saturated carbocycles. The second-order valence-electron chi connectivity index (χ2n) is 4.89. The van der Waals surface area contributed by atoms with Gasteiger partial charge in [0.15, 0.2) is 0 Å². The number of sulfonamides is 1. The van der Waals surface area contributed by atoms with Crippen molar-refractivity contribution in [3.05, 3.63) is 23.5 Å². The fraction of sp³-hybridized carbons (Fsp3) is 0.583. The van der Waals surface area contributed by atoms with Crippen molar-refractivity contribution >= 4 is 21.6 Å². The summed E-state index contributed by atoms with van der Waals surface area (Å²) in [6.07, 6.45) is 5.78. The lowest BCUT2D eigenvalue weighted by Crippen LogP contribution is -2.30. The van der Waals surface area contributed by atoms with Gasteiger partial charge in [-0.2, -0.15) is 0 Å². The first kappa shape index (κ1) is 13.8. The smallest absolute Gasteiger partial charge is 0.240 e. The monoisotopic (exact) mass is 288 g/mol. The zero-order chi connectivity index (χ0) is 13.2. The molecular weight excluding hydrogens is 272 g/mol. The molecule has 1 aliphatic carbocycles. The summed E-state index contributed by atoms with van der Waals surface area (Å²) >= 11 is 5.70. The largest absolute Gasteiger partial charge is 0.244 e. The second kappa shape index (κ2) is 5.15. The van der Waals surface area contributed by atoms with E-state index in [1.54, 1.807) is 0 Å². The molecule has 100 valence electrons. The van der Waals surface area contributed by atoms with Crippen LogP contribution >= 0.6 is 11.6 Å². The Morgan fingerprint density at radius 1 is 1.50 bits per heavy atom. The first-order valence-corrected chi connectivity index (χ1v) is 7.95. The summed E-state index contributed by atoms with van der Waals surface area (Å²) in [5.74, 6) is 0. The second-order valence-corrected chi connectivity index (χ2v) is 7.04. The minimum atomic E-state index is -3.47. The van der Waals surface area contributed by atoms with E-state index in [2.05, 4.69) is 16.6 Å². The third-order valence-electron chi connectivity index (χ3n) is 3.38. The SMILES string of the molecule is CCCC1(CNS(=O)(=O)c2ccnc(Cl)c2)CC1. The van der Waals surface area contributed by atoms with Crippen molar-refractivity contribution in [2.24, 2.45) is 5.41 Å². The number of halogens is 1. The topological polar surface area (TPSA) is 59.1 Å². The maximum absolute atomic E-state index is 12.1. The Labute approximate surface area is 113 Å². The van der Waals surface area contributed by atoms with Crippen LogP contribution < -0.4 is 4.72 Å². The first-order valence-electron chi connectivity index (χ1n) is 6.09. The number of aromatic nitrogens is 1. The van der Waals surface area contributed by atoms with Crippen LogP contribution in [0.3, 0.4) is 0 Å². The number of hydrogen-bond donors (Lipinski definition) is 1. The molecule has 0 unspecified atom stereocenters. The first-order chi connectivity index (χ1) is 8.47. The number of nitrogens with one attached hydrogen (secondary N) is 1. The summed E-state index contributed by atoms with van der Waals surface area (Å²) in [5, 5.41) is 0.188. The molecule has 1 N–H and O–H groups in total. The predicted octanol–water partition coefficient (Wildman–Crippen LogP) is 2.59. The van der Waals surface area contributed by atoms with Crippen molar-refractivity contribution < 1.29 is 8.42 Å². The highest BCUT2D eigenvalue weighted by Gasteiger charge is 2.42. The van der Waals surface area contributed by atoms with E-state index in [-0.39, 0.29) is 15.5 Å². The molecule has 0 saturated heterocycles. The summed E-state index contributed by atoms with van der Waals surface area (Å²) in [4.78, 5) is 3.95. The van der Waals surface area contributed by atoms with Crippen LogP contribution in [-0.4, -0.2) is 19.9 Å². The van der Waals surface area contributed by atoms with Crippen LogP contribution in [0.1, 0.15) is 32.6 Å². The van der Waals surface area contributed by atoms with Crippen molar-refractivity contribution in [2.45, 2.75) is 37.5 Å². The Kier molecular flexibility index (Phi) is 3.94. The van der Waals surface area contributed by atoms with Gasteiger partial charge in [-0.25, -0.2) is 18.1 Å². The average Bonchev–Trinajstić information content (AvgIpc) is 3.08. The van der Waals surface area contributed by atoms with Crippen molar-refractivity contribution in [1.82, 2.24) is 9.71 Å². The van der Waals surface area contributed by atoms with E-state index < -0.39 is 10.0 Å². The van der Waals surface area contributed by atoms with Gasteiger partial charge in [0.05, 0.1) is 4.90 Å². The summed E-state index contributed by atoms with van der Waals surface area (Å²) in [7, 11) is -3.47. The van der Waals surface area contributed by atoms with Crippen LogP contribution in [0.5, 0.6) is 0 Å². The maximum atomic E-state index is 12.1. The predicted molar refractivity (Wildman–Crippen MR) is 71.0 cm³/mol. The minimum absolute atomic E-state index is 0.176. The van der Waals surface area contributed by atoms with Crippen LogP contribution in [0.2, 0.25) is 5.15 Å². The van der Waals surface area contributed by atoms with Crippen LogP contribution in [0, 0.1) is 5.41 Å². The molecule has 1 heterocycles. The molecule has 0 aromatic carbocycles. The van der Waals surface area contributed by atoms with Gasteiger partial charge in [-0.15, -0.1) is 0 Å². The van der Waals surface area contributed by atoms with Crippen LogP contribution in [-0.2, 0) is 10.0 Å². The van der Waals surface area contributed by atoms with Crippen molar-refractivity contribution in [3.63, 3.8) is 0 Å². The lowest BCUT2D eigenvalue weighted by atomic mass is 10.0. The summed E-state index contributed by atoms with van der Waals surface area (Å²) in [5.41, 5.74) is 0.193. The third kappa shape index (κ3) is 3.22. The highest BCUT2D eigenvalue weighted by atomic mass is 35.5. The summed E-state index contributed by atoms with van der Waals surface area (Å²) in [6, 6.07) is 2.82. The Bertz CT molecular complexity index is 527. The molecule has 0 atom stereocenters. The van der Waals surface area contributed by atoms with Crippen LogP contribution in [0.15, 0.2) is 23.2 Å². The zero-order valence-corrected chi connectivity index (χ0v) is 11.9. The van der Waals surface area contributed by atoms with E-state index in [1.807, 2.05) is 0 Å². The molecule has 0 bridgehead atoms. The molecule has 0 aliphatic heterocycles. The zero-order valence-electron chi connectivity index (χ0n) is 10.3. The molecule has 18 heavy (non-hydrogen) atoms. The van der Waals surface area contributed by atoms with Crippen molar-refractivity contribution in [1.29, 1.82) is 0 Å². The fourth-order valence-corrected chi connectivity index (χ4v) is 3.51. The van der Waals surface area contributed by atoms with E-state index in [4.69, 9.17) is 11.6 Å². The van der Waals surface area contributed by atoms with Gasteiger partial charge in [0.1, 0.15) is 5.15 Å². The van der Waals surface area contributed by atoms with Crippen molar-refractivity contribution in [3.8, 4) is 0 Å². The number of pyridine rings is 1. The lowest BCUT2D eigenvalue weighted by Gasteiger charge is -2.15.